The van der Waals surface area contributed by atoms with Crippen molar-refractivity contribution in [2.24, 2.45) is 17.6 Å². The molecule has 2 unspecified atom stereocenters. The van der Waals surface area contributed by atoms with E-state index in [2.05, 4.69) is 0 Å². The zero-order valence-electron chi connectivity index (χ0n) is 8.43. The zero-order valence-corrected chi connectivity index (χ0v) is 8.43. The summed E-state index contributed by atoms with van der Waals surface area (Å²) in [7, 11) is 0. The maximum absolute atomic E-state index is 10.6. The number of nitrogens with two attached hydrogens (primary N) is 1. The fourth-order valence-electron chi connectivity index (χ4n) is 1.39. The van der Waals surface area contributed by atoms with Crippen LogP contribution in [-0.2, 0) is 9.59 Å². The molecule has 0 aliphatic heterocycles. The molecule has 5 nitrogen and oxygen atoms in total. The summed E-state index contributed by atoms with van der Waals surface area (Å²) in [4.78, 5) is 21.1. The van der Waals surface area contributed by atoms with Crippen LogP contribution in [0.15, 0.2) is 0 Å². The highest BCUT2D eigenvalue weighted by Gasteiger charge is 2.26. The monoisotopic (exact) mass is 203 g/mol. The van der Waals surface area contributed by atoms with Gasteiger partial charge in [-0.25, -0.2) is 0 Å². The molecule has 0 saturated carbocycles. The van der Waals surface area contributed by atoms with Crippen LogP contribution in [0.1, 0.15) is 26.7 Å². The number of aliphatic carboxylic acids is 2. The third-order valence-electron chi connectivity index (χ3n) is 2.00. The molecule has 2 atom stereocenters. The summed E-state index contributed by atoms with van der Waals surface area (Å²) in [5.41, 5.74) is 5.39. The highest BCUT2D eigenvalue weighted by molar-refractivity contribution is 5.75. The van der Waals surface area contributed by atoms with Crippen molar-refractivity contribution in [3.05, 3.63) is 0 Å². The first-order valence-electron chi connectivity index (χ1n) is 4.54. The van der Waals surface area contributed by atoms with Gasteiger partial charge in [-0.2, -0.15) is 0 Å². The van der Waals surface area contributed by atoms with Crippen molar-refractivity contribution >= 4 is 11.9 Å². The lowest BCUT2D eigenvalue weighted by Crippen LogP contribution is -2.39. The van der Waals surface area contributed by atoms with E-state index >= 15 is 0 Å². The Morgan fingerprint density at radius 3 is 2.07 bits per heavy atom. The van der Waals surface area contributed by atoms with Gasteiger partial charge in [0.25, 0.3) is 0 Å². The van der Waals surface area contributed by atoms with Crippen LogP contribution in [0.4, 0.5) is 0 Å². The largest absolute Gasteiger partial charge is 0.481 e. The Kier molecular flexibility index (Phi) is 5.15. The summed E-state index contributed by atoms with van der Waals surface area (Å²) in [6, 6.07) is -1.09. The fourth-order valence-corrected chi connectivity index (χ4v) is 1.39. The van der Waals surface area contributed by atoms with E-state index in [1.54, 1.807) is 0 Å². The Bertz CT molecular complexity index is 215. The zero-order chi connectivity index (χ0) is 11.3. The smallest absolute Gasteiger partial charge is 0.320 e. The predicted octanol–water partition coefficient (Wildman–Crippen LogP) is 0.535. The van der Waals surface area contributed by atoms with Crippen molar-refractivity contribution in [3.8, 4) is 0 Å². The molecule has 0 aliphatic carbocycles. The van der Waals surface area contributed by atoms with Gasteiger partial charge in [-0.05, 0) is 18.3 Å². The first-order chi connectivity index (χ1) is 6.34. The van der Waals surface area contributed by atoms with Gasteiger partial charge in [-0.15, -0.1) is 0 Å². The van der Waals surface area contributed by atoms with Crippen LogP contribution in [0, 0.1) is 11.8 Å². The lowest BCUT2D eigenvalue weighted by Gasteiger charge is -2.20. The molecule has 14 heavy (non-hydrogen) atoms. The Balaban J connectivity index is 4.37. The summed E-state index contributed by atoms with van der Waals surface area (Å²) >= 11 is 0. The van der Waals surface area contributed by atoms with E-state index in [0.29, 0.717) is 6.42 Å². The fraction of sp³-hybridized carbons (Fsp3) is 0.778. The molecule has 5 heteroatoms. The highest BCUT2D eigenvalue weighted by Crippen LogP contribution is 2.18. The van der Waals surface area contributed by atoms with Crippen molar-refractivity contribution in [2.45, 2.75) is 32.7 Å². The molecule has 0 amide bonds. The minimum absolute atomic E-state index is 0.189. The van der Waals surface area contributed by atoms with Crippen LogP contribution >= 0.6 is 0 Å². The van der Waals surface area contributed by atoms with E-state index < -0.39 is 23.9 Å². The van der Waals surface area contributed by atoms with Crippen molar-refractivity contribution < 1.29 is 19.8 Å². The van der Waals surface area contributed by atoms with E-state index in [9.17, 15) is 9.59 Å². The minimum Gasteiger partial charge on any atom is -0.481 e. The van der Waals surface area contributed by atoms with Crippen LogP contribution in [0.3, 0.4) is 0 Å². The summed E-state index contributed by atoms with van der Waals surface area (Å²) in [5.74, 6) is -2.40. The van der Waals surface area contributed by atoms with Gasteiger partial charge in [0.05, 0.1) is 6.42 Å². The first kappa shape index (κ1) is 12.9. The second-order valence-electron chi connectivity index (χ2n) is 3.85. The first-order valence-corrected chi connectivity index (χ1v) is 4.54. The van der Waals surface area contributed by atoms with Gasteiger partial charge >= 0.3 is 11.9 Å². The topological polar surface area (TPSA) is 101 Å². The Morgan fingerprint density at radius 2 is 1.79 bits per heavy atom. The van der Waals surface area contributed by atoms with E-state index in [1.807, 2.05) is 13.8 Å². The van der Waals surface area contributed by atoms with E-state index in [-0.39, 0.29) is 12.3 Å². The van der Waals surface area contributed by atoms with Crippen molar-refractivity contribution in [1.82, 2.24) is 0 Å². The summed E-state index contributed by atoms with van der Waals surface area (Å²) < 4.78 is 0. The maximum Gasteiger partial charge on any atom is 0.320 e. The molecule has 0 radical (unpaired) electrons. The van der Waals surface area contributed by atoms with Gasteiger partial charge in [0, 0.05) is 0 Å². The van der Waals surface area contributed by atoms with Crippen molar-refractivity contribution in [1.29, 1.82) is 0 Å². The molecule has 82 valence electrons. The van der Waals surface area contributed by atoms with Crippen LogP contribution in [0.5, 0.6) is 0 Å². The average Bonchev–Trinajstić information content (AvgIpc) is 1.99. The van der Waals surface area contributed by atoms with Crippen LogP contribution < -0.4 is 5.73 Å². The van der Waals surface area contributed by atoms with E-state index in [1.165, 1.54) is 0 Å². The molecule has 0 aliphatic rings. The SMILES string of the molecule is CC(C)CC(CC(=O)O)C(N)C(=O)O. The molecule has 0 spiro atoms. The number of carbonyl (C=O) groups is 2. The molecular formula is C9H17NO4. The van der Waals surface area contributed by atoms with Crippen LogP contribution in [0.25, 0.3) is 0 Å². The molecule has 0 aromatic carbocycles. The van der Waals surface area contributed by atoms with Crippen molar-refractivity contribution in [2.75, 3.05) is 0 Å². The van der Waals surface area contributed by atoms with Gasteiger partial charge < -0.3 is 15.9 Å². The highest BCUT2D eigenvalue weighted by atomic mass is 16.4. The third kappa shape index (κ3) is 4.81. The van der Waals surface area contributed by atoms with Gasteiger partial charge in [-0.3, -0.25) is 9.59 Å². The van der Waals surface area contributed by atoms with Crippen LogP contribution in [0.2, 0.25) is 0 Å². The van der Waals surface area contributed by atoms with E-state index in [4.69, 9.17) is 15.9 Å². The third-order valence-corrected chi connectivity index (χ3v) is 2.00. The quantitative estimate of drug-likeness (QED) is 0.584. The molecule has 0 heterocycles. The molecule has 0 aromatic heterocycles. The lowest BCUT2D eigenvalue weighted by molar-refractivity contribution is -0.142. The number of carboxylic acids is 2. The lowest BCUT2D eigenvalue weighted by atomic mass is 9.88. The molecule has 4 N–H and O–H groups in total. The summed E-state index contributed by atoms with van der Waals surface area (Å²) in [6.45, 7) is 3.81. The van der Waals surface area contributed by atoms with Crippen molar-refractivity contribution in [3.63, 3.8) is 0 Å². The molecule has 0 bridgehead atoms. The van der Waals surface area contributed by atoms with Crippen LogP contribution in [-0.4, -0.2) is 28.2 Å². The second kappa shape index (κ2) is 5.59. The van der Waals surface area contributed by atoms with Gasteiger partial charge in [0.15, 0.2) is 0 Å². The summed E-state index contributed by atoms with van der Waals surface area (Å²) in [6.07, 6.45) is 0.325. The van der Waals surface area contributed by atoms with Gasteiger partial charge in [0.2, 0.25) is 0 Å². The Hall–Kier alpha value is -1.10. The Morgan fingerprint density at radius 1 is 1.29 bits per heavy atom. The Labute approximate surface area is 82.9 Å². The summed E-state index contributed by atoms with van der Waals surface area (Å²) in [5, 5.41) is 17.2. The molecular weight excluding hydrogens is 186 g/mol. The maximum atomic E-state index is 10.6. The average molecular weight is 203 g/mol. The molecule has 0 aromatic rings. The second-order valence-corrected chi connectivity index (χ2v) is 3.85. The van der Waals surface area contributed by atoms with Gasteiger partial charge in [-0.1, -0.05) is 13.8 Å². The van der Waals surface area contributed by atoms with Gasteiger partial charge in [0.1, 0.15) is 6.04 Å². The minimum atomic E-state index is -1.14. The normalized spacial score (nSPS) is 15.1. The number of carboxylic acid groups (broad SMARTS) is 2. The predicted molar refractivity (Wildman–Crippen MR) is 50.8 cm³/mol. The number of hydrogen-bond acceptors (Lipinski definition) is 3. The molecule has 0 fully saturated rings. The number of hydrogen-bond donors (Lipinski definition) is 3. The van der Waals surface area contributed by atoms with E-state index in [0.717, 1.165) is 0 Å². The molecule has 0 saturated heterocycles. The standard InChI is InChI=1S/C9H17NO4/c1-5(2)3-6(4-7(11)12)8(10)9(13)14/h5-6,8H,3-4,10H2,1-2H3,(H,11,12)(H,13,14). The number of rotatable bonds is 6. The molecule has 0 rings (SSSR count).